The van der Waals surface area contributed by atoms with Gasteiger partial charge in [-0.2, -0.15) is 0 Å². The van der Waals surface area contributed by atoms with Gasteiger partial charge >= 0.3 is 0 Å². The van der Waals surface area contributed by atoms with Gasteiger partial charge < -0.3 is 15.0 Å². The molecule has 7 heteroatoms. The average Bonchev–Trinajstić information content (AvgIpc) is 3.13. The predicted molar refractivity (Wildman–Crippen MR) is 120 cm³/mol. The predicted octanol–water partition coefficient (Wildman–Crippen LogP) is 4.33. The average molecular weight is 450 g/mol. The normalized spacial score (nSPS) is 11.6. The maximum absolute atomic E-state index is 6.02. The first-order valence-electron chi connectivity index (χ1n) is 9.03. The molecule has 0 aliphatic heterocycles. The summed E-state index contributed by atoms with van der Waals surface area (Å²) in [4.78, 5) is 0. The van der Waals surface area contributed by atoms with E-state index in [1.807, 2.05) is 60.7 Å². The van der Waals surface area contributed by atoms with E-state index in [9.17, 15) is 0 Å². The largest absolute Gasteiger partial charge is 0.457 e. The Balaban J connectivity index is 1.61. The fraction of sp³-hybridized carbons (Fsp3) is 0.0455. The zero-order chi connectivity index (χ0) is 20.2. The van der Waals surface area contributed by atoms with Crippen molar-refractivity contribution in [3.8, 4) is 11.5 Å². The van der Waals surface area contributed by atoms with Crippen LogP contribution in [0.4, 0.5) is 0 Å². The second-order valence-electron chi connectivity index (χ2n) is 6.52. The third-order valence-electron chi connectivity index (χ3n) is 4.58. The lowest BCUT2D eigenvalue weighted by atomic mass is 10.1. The quantitative estimate of drug-likeness (QED) is 0.177. The molecule has 29 heavy (non-hydrogen) atoms. The Morgan fingerprint density at radius 1 is 1.00 bits per heavy atom. The molecule has 0 saturated carbocycles. The van der Waals surface area contributed by atoms with E-state index in [4.69, 9.17) is 16.3 Å². The maximum Gasteiger partial charge on any atom is 0.152 e. The van der Waals surface area contributed by atoms with Gasteiger partial charge in [0.25, 0.3) is 0 Å². The highest BCUT2D eigenvalue weighted by molar-refractivity contribution is 9.10. The minimum Gasteiger partial charge on any atom is -0.457 e. The lowest BCUT2D eigenvalue weighted by molar-refractivity contribution is 0.483. The van der Waals surface area contributed by atoms with Crippen LogP contribution >= 0.6 is 15.9 Å². The van der Waals surface area contributed by atoms with E-state index in [1.54, 1.807) is 0 Å². The summed E-state index contributed by atoms with van der Waals surface area (Å²) >= 11 is 3.66. The van der Waals surface area contributed by atoms with Crippen LogP contribution in [0.2, 0.25) is 0 Å². The molecule has 5 N–H and O–H groups in total. The number of rotatable bonds is 6. The van der Waals surface area contributed by atoms with Gasteiger partial charge in [0.1, 0.15) is 11.5 Å². The molecule has 4 rings (SSSR count). The van der Waals surface area contributed by atoms with Crippen molar-refractivity contribution in [2.24, 2.45) is 16.7 Å². The van der Waals surface area contributed by atoms with Gasteiger partial charge in [0, 0.05) is 34.2 Å². The number of nitrogens with zero attached hydrogens (tertiary/aromatic N) is 2. The minimum absolute atomic E-state index is 0.345. The highest BCUT2D eigenvalue weighted by Gasteiger charge is 2.09. The highest BCUT2D eigenvalue weighted by Crippen LogP contribution is 2.33. The molecule has 0 aliphatic rings. The molecular weight excluding hydrogens is 430 g/mol. The second-order valence-corrected chi connectivity index (χ2v) is 7.37. The Morgan fingerprint density at radius 2 is 1.76 bits per heavy atom. The molecule has 0 spiro atoms. The molecule has 0 fully saturated rings. The van der Waals surface area contributed by atoms with E-state index in [0.717, 1.165) is 44.5 Å². The van der Waals surface area contributed by atoms with E-state index in [1.165, 1.54) is 0 Å². The molecule has 1 aromatic heterocycles. The van der Waals surface area contributed by atoms with Crippen molar-refractivity contribution in [2.75, 3.05) is 0 Å². The van der Waals surface area contributed by atoms with E-state index >= 15 is 0 Å². The number of benzene rings is 3. The van der Waals surface area contributed by atoms with Crippen LogP contribution in [0.15, 0.2) is 88.6 Å². The molecule has 1 heterocycles. The lowest BCUT2D eigenvalue weighted by Crippen LogP contribution is -2.22. The number of halogens is 1. The van der Waals surface area contributed by atoms with Gasteiger partial charge in [0.15, 0.2) is 5.84 Å². The Morgan fingerprint density at radius 3 is 2.48 bits per heavy atom. The third-order valence-corrected chi connectivity index (χ3v) is 5.23. The maximum atomic E-state index is 6.02. The number of nitrogens with two attached hydrogens (primary N) is 2. The van der Waals surface area contributed by atoms with Crippen molar-refractivity contribution < 1.29 is 4.74 Å². The number of hydrogen-bond acceptors (Lipinski definition) is 4. The highest BCUT2D eigenvalue weighted by atomic mass is 79.9. The number of fused-ring (bicyclic) bond motifs is 1. The summed E-state index contributed by atoms with van der Waals surface area (Å²) in [5.41, 5.74) is 11.1. The van der Waals surface area contributed by atoms with Gasteiger partial charge in [-0.1, -0.05) is 42.5 Å². The second kappa shape index (κ2) is 8.38. The summed E-state index contributed by atoms with van der Waals surface area (Å²) in [5.74, 6) is 7.11. The summed E-state index contributed by atoms with van der Waals surface area (Å²) in [7, 11) is 0. The molecule has 0 aliphatic carbocycles. The minimum atomic E-state index is 0.345. The number of hydrazone groups is 1. The van der Waals surface area contributed by atoms with E-state index < -0.39 is 0 Å². The zero-order valence-corrected chi connectivity index (χ0v) is 17.1. The van der Waals surface area contributed by atoms with Crippen LogP contribution < -0.4 is 21.8 Å². The topological polar surface area (TPSA) is 90.6 Å². The standard InChI is InChI=1S/C22H20BrN5O/c23-20-12-18(29-17-4-2-1-3-5-17)13-21-19(20)10-11-28(21)14-15-6-8-16(9-7-15)22(24)26-27-25/h1-13,27H,14,25H2,(H2,24,26). The summed E-state index contributed by atoms with van der Waals surface area (Å²) in [6, 6.07) is 23.8. The lowest BCUT2D eigenvalue weighted by Gasteiger charge is -2.10. The number of hydrazine groups is 1. The van der Waals surface area contributed by atoms with Gasteiger partial charge in [-0.3, -0.25) is 0 Å². The van der Waals surface area contributed by atoms with Crippen molar-refractivity contribution in [1.29, 1.82) is 0 Å². The molecule has 0 bridgehead atoms. The van der Waals surface area contributed by atoms with Crippen LogP contribution in [-0.2, 0) is 6.54 Å². The molecule has 3 aromatic carbocycles. The van der Waals surface area contributed by atoms with E-state index in [0.29, 0.717) is 5.84 Å². The Bertz CT molecular complexity index is 1150. The third kappa shape index (κ3) is 4.26. The van der Waals surface area contributed by atoms with Crippen LogP contribution in [0.3, 0.4) is 0 Å². The first kappa shape index (κ1) is 19.0. The first-order valence-corrected chi connectivity index (χ1v) is 9.83. The molecule has 0 saturated heterocycles. The van der Waals surface area contributed by atoms with E-state index in [2.05, 4.69) is 49.5 Å². The smallest absolute Gasteiger partial charge is 0.152 e. The summed E-state index contributed by atoms with van der Waals surface area (Å²) in [5, 5.41) is 4.92. The summed E-state index contributed by atoms with van der Waals surface area (Å²) in [6.45, 7) is 0.719. The summed E-state index contributed by atoms with van der Waals surface area (Å²) in [6.07, 6.45) is 2.07. The van der Waals surface area contributed by atoms with Gasteiger partial charge in [-0.15, -0.1) is 5.10 Å². The molecular formula is C22H20BrN5O. The SMILES string of the molecule is NN/N=C(\N)c1ccc(Cn2ccc3c(Br)cc(Oc4ccccc4)cc32)cc1. The number of nitrogens with one attached hydrogen (secondary N) is 1. The number of hydrogen-bond donors (Lipinski definition) is 3. The molecule has 0 radical (unpaired) electrons. The van der Waals surface area contributed by atoms with Gasteiger partial charge in [-0.05, 0) is 45.8 Å². The molecule has 146 valence electrons. The van der Waals surface area contributed by atoms with Crippen LogP contribution in [0, 0.1) is 0 Å². The van der Waals surface area contributed by atoms with Crippen LogP contribution in [0.1, 0.15) is 11.1 Å². The molecule has 0 unspecified atom stereocenters. The van der Waals surface area contributed by atoms with Crippen LogP contribution in [0.5, 0.6) is 11.5 Å². The Kier molecular flexibility index (Phi) is 5.50. The first-order chi connectivity index (χ1) is 14.1. The number of aromatic nitrogens is 1. The van der Waals surface area contributed by atoms with Crippen molar-refractivity contribution in [3.63, 3.8) is 0 Å². The number of amidine groups is 1. The molecule has 0 atom stereocenters. The molecule has 6 nitrogen and oxygen atoms in total. The Labute approximate surface area is 176 Å². The van der Waals surface area contributed by atoms with Gasteiger partial charge in [0.2, 0.25) is 0 Å². The summed E-state index contributed by atoms with van der Waals surface area (Å²) < 4.78 is 9.20. The van der Waals surface area contributed by atoms with Crippen LogP contribution in [0.25, 0.3) is 10.9 Å². The zero-order valence-electron chi connectivity index (χ0n) is 15.5. The van der Waals surface area contributed by atoms with Crippen molar-refractivity contribution in [3.05, 3.63) is 94.6 Å². The van der Waals surface area contributed by atoms with Crippen molar-refractivity contribution in [2.45, 2.75) is 6.54 Å². The van der Waals surface area contributed by atoms with Gasteiger partial charge in [0.05, 0.1) is 5.52 Å². The number of ether oxygens (including phenoxy) is 1. The molecule has 0 amide bonds. The molecule has 4 aromatic rings. The van der Waals surface area contributed by atoms with Crippen molar-refractivity contribution >= 4 is 32.7 Å². The fourth-order valence-electron chi connectivity index (χ4n) is 3.16. The van der Waals surface area contributed by atoms with Crippen molar-refractivity contribution in [1.82, 2.24) is 10.1 Å². The number of para-hydroxylation sites is 1. The van der Waals surface area contributed by atoms with E-state index in [-0.39, 0.29) is 0 Å². The fourth-order valence-corrected chi connectivity index (χ4v) is 3.72. The Hall–Kier alpha value is -3.29. The van der Waals surface area contributed by atoms with Crippen LogP contribution in [-0.4, -0.2) is 10.4 Å². The monoisotopic (exact) mass is 449 g/mol. The van der Waals surface area contributed by atoms with Gasteiger partial charge in [-0.25, -0.2) is 11.4 Å².